The molecule has 0 fully saturated rings. The Morgan fingerprint density at radius 3 is 2.12 bits per heavy atom. The van der Waals surface area contributed by atoms with Crippen molar-refractivity contribution in [2.75, 3.05) is 0 Å². The third kappa shape index (κ3) is 1.82. The predicted molar refractivity (Wildman–Crippen MR) is 28.5 cm³/mol. The van der Waals surface area contributed by atoms with E-state index in [1.54, 1.807) is 0 Å². The highest BCUT2D eigenvalue weighted by Crippen LogP contribution is 2.03. The summed E-state index contributed by atoms with van der Waals surface area (Å²) in [5, 5.41) is 6.42. The molecule has 1 N–H and O–H groups in total. The Morgan fingerprint density at radius 1 is 1.62 bits per heavy atom. The van der Waals surface area contributed by atoms with Gasteiger partial charge in [-0.05, 0) is 6.92 Å². The van der Waals surface area contributed by atoms with Crippen molar-refractivity contribution in [1.29, 1.82) is 5.41 Å². The third-order valence-electron chi connectivity index (χ3n) is 0.752. The van der Waals surface area contributed by atoms with E-state index in [0.29, 0.717) is 6.21 Å². The molecule has 0 saturated heterocycles. The van der Waals surface area contributed by atoms with Gasteiger partial charge in [0, 0.05) is 11.8 Å². The van der Waals surface area contributed by atoms with Crippen LogP contribution in [0.1, 0.15) is 6.92 Å². The van der Waals surface area contributed by atoms with Crippen molar-refractivity contribution in [3.8, 4) is 0 Å². The van der Waals surface area contributed by atoms with Crippen molar-refractivity contribution in [3.63, 3.8) is 0 Å². The monoisotopic (exact) mass is 119 g/mol. The van der Waals surface area contributed by atoms with Gasteiger partial charge in [0.25, 0.3) is 6.43 Å². The maximum absolute atomic E-state index is 11.5. The van der Waals surface area contributed by atoms with E-state index in [-0.39, 0.29) is 5.57 Å². The van der Waals surface area contributed by atoms with Gasteiger partial charge in [0.15, 0.2) is 0 Å². The molecule has 0 aromatic heterocycles. The highest BCUT2D eigenvalue weighted by molar-refractivity contribution is 5.76. The van der Waals surface area contributed by atoms with Crippen LogP contribution < -0.4 is 0 Å². The Kier molecular flexibility index (Phi) is 2.99. The fourth-order valence-electron chi connectivity index (χ4n) is 0.272. The lowest BCUT2D eigenvalue weighted by molar-refractivity contribution is 0.197. The van der Waals surface area contributed by atoms with Crippen LogP contribution in [0.3, 0.4) is 0 Å². The van der Waals surface area contributed by atoms with Crippen molar-refractivity contribution in [3.05, 3.63) is 11.6 Å². The number of rotatable bonds is 2. The van der Waals surface area contributed by atoms with Gasteiger partial charge >= 0.3 is 0 Å². The molecule has 0 aromatic rings. The van der Waals surface area contributed by atoms with Crippen LogP contribution in [0.5, 0.6) is 0 Å². The van der Waals surface area contributed by atoms with Crippen molar-refractivity contribution in [1.82, 2.24) is 0 Å². The van der Waals surface area contributed by atoms with Gasteiger partial charge in [0.05, 0.1) is 0 Å². The van der Waals surface area contributed by atoms with Crippen LogP contribution in [0.25, 0.3) is 0 Å². The van der Waals surface area contributed by atoms with Crippen LogP contribution in [-0.4, -0.2) is 12.6 Å². The van der Waals surface area contributed by atoms with Gasteiger partial charge < -0.3 is 5.41 Å². The second-order valence-electron chi connectivity index (χ2n) is 1.23. The number of hydrogen-bond donors (Lipinski definition) is 1. The fraction of sp³-hybridized carbons (Fsp3) is 0.400. The number of alkyl halides is 2. The van der Waals surface area contributed by atoms with Gasteiger partial charge in [-0.15, -0.1) is 0 Å². The van der Waals surface area contributed by atoms with Crippen molar-refractivity contribution in [2.24, 2.45) is 0 Å². The molecule has 0 radical (unpaired) electrons. The van der Waals surface area contributed by atoms with E-state index >= 15 is 0 Å². The molecule has 0 heterocycles. The molecule has 0 aliphatic heterocycles. The predicted octanol–water partition coefficient (Wildman–Crippen LogP) is 1.85. The Labute approximate surface area is 46.5 Å². The second-order valence-corrected chi connectivity index (χ2v) is 1.23. The molecule has 0 aromatic carbocycles. The van der Waals surface area contributed by atoms with Crippen LogP contribution in [0, 0.1) is 5.41 Å². The summed E-state index contributed by atoms with van der Waals surface area (Å²) in [6, 6.07) is 0. The Morgan fingerprint density at radius 2 is 2.12 bits per heavy atom. The molecule has 0 aliphatic carbocycles. The Hall–Kier alpha value is -0.730. The second kappa shape index (κ2) is 3.29. The number of hydrogen-bond acceptors (Lipinski definition) is 1. The Balaban J connectivity index is 3.91. The SMILES string of the molecule is CC=C(C=N)C(F)F. The summed E-state index contributed by atoms with van der Waals surface area (Å²) in [7, 11) is 0. The summed E-state index contributed by atoms with van der Waals surface area (Å²) in [5.41, 5.74) is -0.231. The maximum Gasteiger partial charge on any atom is 0.264 e. The zero-order valence-electron chi connectivity index (χ0n) is 4.49. The van der Waals surface area contributed by atoms with Crippen molar-refractivity contribution in [2.45, 2.75) is 13.3 Å². The van der Waals surface area contributed by atoms with E-state index in [4.69, 9.17) is 5.41 Å². The largest absolute Gasteiger partial charge is 0.308 e. The molecule has 0 amide bonds. The molecule has 0 aliphatic rings. The zero-order chi connectivity index (χ0) is 6.57. The summed E-state index contributed by atoms with van der Waals surface area (Å²) in [6.07, 6.45) is -0.625. The first-order valence-electron chi connectivity index (χ1n) is 2.17. The van der Waals surface area contributed by atoms with E-state index < -0.39 is 6.43 Å². The number of nitrogens with one attached hydrogen (secondary N) is 1. The average molecular weight is 119 g/mol. The third-order valence-corrected chi connectivity index (χ3v) is 0.752. The van der Waals surface area contributed by atoms with E-state index in [1.807, 2.05) is 0 Å². The molecule has 0 rings (SSSR count). The average Bonchev–Trinajstić information content (AvgIpc) is 1.69. The van der Waals surface area contributed by atoms with Gasteiger partial charge in [-0.3, -0.25) is 0 Å². The van der Waals surface area contributed by atoms with Crippen molar-refractivity contribution >= 4 is 6.21 Å². The van der Waals surface area contributed by atoms with Crippen LogP contribution in [0.4, 0.5) is 8.78 Å². The molecular formula is C5H7F2N. The normalized spacial score (nSPS) is 12.2. The van der Waals surface area contributed by atoms with Gasteiger partial charge in [-0.2, -0.15) is 0 Å². The first-order chi connectivity index (χ1) is 3.72. The van der Waals surface area contributed by atoms with Crippen LogP contribution in [0.2, 0.25) is 0 Å². The summed E-state index contributed by atoms with van der Waals surface area (Å²) < 4.78 is 23.0. The Bertz CT molecular complexity index is 107. The minimum Gasteiger partial charge on any atom is -0.308 e. The standard InChI is InChI=1S/C5H7F2N/c1-2-4(3-8)5(6)7/h2-3,5,8H,1H3. The van der Waals surface area contributed by atoms with Gasteiger partial charge in [0.1, 0.15) is 0 Å². The summed E-state index contributed by atoms with van der Waals surface area (Å²) in [5.74, 6) is 0. The molecule has 0 spiro atoms. The van der Waals surface area contributed by atoms with Crippen LogP contribution in [-0.2, 0) is 0 Å². The smallest absolute Gasteiger partial charge is 0.264 e. The molecule has 0 unspecified atom stereocenters. The highest BCUT2D eigenvalue weighted by atomic mass is 19.3. The quantitative estimate of drug-likeness (QED) is 0.536. The lowest BCUT2D eigenvalue weighted by Crippen LogP contribution is -1.95. The topological polar surface area (TPSA) is 23.9 Å². The molecule has 0 bridgehead atoms. The molecule has 1 nitrogen and oxygen atoms in total. The summed E-state index contributed by atoms with van der Waals surface area (Å²) >= 11 is 0. The molecule has 0 saturated carbocycles. The maximum atomic E-state index is 11.5. The first-order valence-corrected chi connectivity index (χ1v) is 2.17. The zero-order valence-corrected chi connectivity index (χ0v) is 4.49. The van der Waals surface area contributed by atoms with Crippen molar-refractivity contribution < 1.29 is 8.78 Å². The first kappa shape index (κ1) is 7.27. The van der Waals surface area contributed by atoms with Crippen LogP contribution >= 0.6 is 0 Å². The fourth-order valence-corrected chi connectivity index (χ4v) is 0.272. The molecule has 3 heteroatoms. The van der Waals surface area contributed by atoms with E-state index in [9.17, 15) is 8.78 Å². The molecule has 46 valence electrons. The highest BCUT2D eigenvalue weighted by Gasteiger charge is 2.04. The van der Waals surface area contributed by atoms with E-state index in [2.05, 4.69) is 0 Å². The summed E-state index contributed by atoms with van der Waals surface area (Å²) in [4.78, 5) is 0. The minimum atomic E-state index is -2.50. The van der Waals surface area contributed by atoms with E-state index in [1.165, 1.54) is 13.0 Å². The molecule has 0 atom stereocenters. The summed E-state index contributed by atoms with van der Waals surface area (Å²) in [6.45, 7) is 1.48. The van der Waals surface area contributed by atoms with Gasteiger partial charge in [-0.25, -0.2) is 8.78 Å². The lowest BCUT2D eigenvalue weighted by atomic mass is 10.3. The number of allylic oxidation sites excluding steroid dienone is 2. The van der Waals surface area contributed by atoms with Gasteiger partial charge in [0.2, 0.25) is 0 Å². The minimum absolute atomic E-state index is 0.231. The van der Waals surface area contributed by atoms with E-state index in [0.717, 1.165) is 0 Å². The van der Waals surface area contributed by atoms with Gasteiger partial charge in [-0.1, -0.05) is 6.08 Å². The number of halogens is 2. The lowest BCUT2D eigenvalue weighted by Gasteiger charge is -1.93. The molecule has 8 heavy (non-hydrogen) atoms. The van der Waals surface area contributed by atoms with Crippen LogP contribution in [0.15, 0.2) is 11.6 Å². The molecular weight excluding hydrogens is 112 g/mol.